The van der Waals surface area contributed by atoms with Gasteiger partial charge in [0, 0.05) is 10.7 Å². The molecule has 1 unspecified atom stereocenters. The van der Waals surface area contributed by atoms with E-state index in [1.54, 1.807) is 0 Å². The number of rotatable bonds is 5. The molecule has 101 valence electrons. The first-order chi connectivity index (χ1) is 8.28. The van der Waals surface area contributed by atoms with Gasteiger partial charge in [-0.2, -0.15) is 0 Å². The summed E-state index contributed by atoms with van der Waals surface area (Å²) in [7, 11) is -0.709. The van der Waals surface area contributed by atoms with Crippen molar-refractivity contribution < 1.29 is 4.43 Å². The summed E-state index contributed by atoms with van der Waals surface area (Å²) in [5, 5.41) is 0. The maximum atomic E-state index is 6.10. The van der Waals surface area contributed by atoms with Gasteiger partial charge in [-0.05, 0) is 59.4 Å². The lowest BCUT2D eigenvalue weighted by Crippen LogP contribution is -2.17. The van der Waals surface area contributed by atoms with E-state index in [1.165, 1.54) is 0 Å². The molecule has 4 heteroatoms. The Kier molecular flexibility index (Phi) is 6.01. The molecule has 0 fully saturated rings. The second-order valence-corrected chi connectivity index (χ2v) is 8.98. The van der Waals surface area contributed by atoms with Crippen LogP contribution in [0.2, 0.25) is 13.1 Å². The molecule has 1 aromatic heterocycles. The lowest BCUT2D eigenvalue weighted by atomic mass is 9.89. The molecule has 0 spiro atoms. The molecule has 0 aliphatic heterocycles. The maximum Gasteiger partial charge on any atom is 0.205 e. The molecular formula is C14H23BrNOSi. The van der Waals surface area contributed by atoms with Gasteiger partial charge in [-0.3, -0.25) is 4.98 Å². The molecule has 0 aromatic carbocycles. The van der Waals surface area contributed by atoms with Gasteiger partial charge < -0.3 is 4.43 Å². The first-order valence-electron chi connectivity index (χ1n) is 6.36. The van der Waals surface area contributed by atoms with Gasteiger partial charge in [0.15, 0.2) is 0 Å². The van der Waals surface area contributed by atoms with Crippen molar-refractivity contribution in [2.24, 2.45) is 5.41 Å². The highest BCUT2D eigenvalue weighted by Gasteiger charge is 2.19. The highest BCUT2D eigenvalue weighted by atomic mass is 79.9. The zero-order chi connectivity index (χ0) is 13.8. The monoisotopic (exact) mass is 328 g/mol. The Balaban J connectivity index is 2.74. The van der Waals surface area contributed by atoms with Gasteiger partial charge in [0.2, 0.25) is 9.04 Å². The molecule has 1 atom stereocenters. The summed E-state index contributed by atoms with van der Waals surface area (Å²) in [5.74, 6) is 0. The van der Waals surface area contributed by atoms with E-state index < -0.39 is 9.04 Å². The molecule has 1 aromatic rings. The first kappa shape index (κ1) is 15.9. The molecule has 1 heterocycles. The number of pyridine rings is 1. The van der Waals surface area contributed by atoms with Crippen LogP contribution >= 0.6 is 15.9 Å². The smallest absolute Gasteiger partial charge is 0.205 e. The third-order valence-electron chi connectivity index (χ3n) is 2.61. The fourth-order valence-corrected chi connectivity index (χ4v) is 2.74. The van der Waals surface area contributed by atoms with E-state index in [9.17, 15) is 0 Å². The van der Waals surface area contributed by atoms with Crippen LogP contribution in [0.3, 0.4) is 0 Å². The van der Waals surface area contributed by atoms with Crippen LogP contribution in [0.1, 0.15) is 45.4 Å². The molecule has 18 heavy (non-hydrogen) atoms. The summed E-state index contributed by atoms with van der Waals surface area (Å²) in [4.78, 5) is 4.48. The van der Waals surface area contributed by atoms with Crippen molar-refractivity contribution in [1.82, 2.24) is 4.98 Å². The van der Waals surface area contributed by atoms with Crippen LogP contribution in [0.4, 0.5) is 0 Å². The average molecular weight is 329 g/mol. The lowest BCUT2D eigenvalue weighted by Gasteiger charge is -2.24. The van der Waals surface area contributed by atoms with Crippen LogP contribution < -0.4 is 0 Å². The maximum absolute atomic E-state index is 6.10. The van der Waals surface area contributed by atoms with Gasteiger partial charge in [0.25, 0.3) is 0 Å². The highest BCUT2D eigenvalue weighted by Crippen LogP contribution is 2.29. The minimum atomic E-state index is -0.709. The molecule has 1 radical (unpaired) electrons. The molecule has 0 saturated carbocycles. The zero-order valence-electron chi connectivity index (χ0n) is 12.0. The molecule has 0 amide bonds. The Labute approximate surface area is 121 Å². The molecule has 0 aliphatic carbocycles. The molecular weight excluding hydrogens is 306 g/mol. The normalized spacial score (nSPS) is 13.9. The summed E-state index contributed by atoms with van der Waals surface area (Å²) in [6.45, 7) is 11.1. The van der Waals surface area contributed by atoms with E-state index in [0.29, 0.717) is 5.41 Å². The summed E-state index contributed by atoms with van der Waals surface area (Å²) < 4.78 is 7.11. The van der Waals surface area contributed by atoms with Gasteiger partial charge in [0.1, 0.15) is 0 Å². The van der Waals surface area contributed by atoms with Gasteiger partial charge >= 0.3 is 0 Å². The van der Waals surface area contributed by atoms with Crippen LogP contribution in [-0.4, -0.2) is 14.0 Å². The van der Waals surface area contributed by atoms with Crippen LogP contribution in [0.25, 0.3) is 0 Å². The topological polar surface area (TPSA) is 22.1 Å². The van der Waals surface area contributed by atoms with E-state index in [-0.39, 0.29) is 6.10 Å². The van der Waals surface area contributed by atoms with Crippen molar-refractivity contribution in [2.75, 3.05) is 0 Å². The number of aromatic nitrogens is 1. The minimum Gasteiger partial charge on any atom is -0.409 e. The quantitative estimate of drug-likeness (QED) is 0.711. The second-order valence-electron chi connectivity index (χ2n) is 6.02. The Bertz CT molecular complexity index is 359. The number of nitrogens with zero attached hydrogens (tertiary/aromatic N) is 1. The minimum absolute atomic E-state index is 0.140. The Morgan fingerprint density at radius 2 is 2.00 bits per heavy atom. The van der Waals surface area contributed by atoms with Gasteiger partial charge in [-0.15, -0.1) is 0 Å². The molecule has 1 rings (SSSR count). The number of hydrogen-bond acceptors (Lipinski definition) is 2. The van der Waals surface area contributed by atoms with Gasteiger partial charge in [-0.25, -0.2) is 0 Å². The number of halogens is 1. The van der Waals surface area contributed by atoms with Crippen LogP contribution in [0.15, 0.2) is 22.8 Å². The third-order valence-corrected chi connectivity index (χ3v) is 3.84. The molecule has 0 N–H and O–H groups in total. The Morgan fingerprint density at radius 3 is 2.44 bits per heavy atom. The fraction of sp³-hybridized carbons (Fsp3) is 0.643. The molecule has 0 saturated heterocycles. The second kappa shape index (κ2) is 6.82. The largest absolute Gasteiger partial charge is 0.409 e. The van der Waals surface area contributed by atoms with Crippen LogP contribution in [-0.2, 0) is 4.43 Å². The van der Waals surface area contributed by atoms with Crippen molar-refractivity contribution in [3.8, 4) is 0 Å². The lowest BCUT2D eigenvalue weighted by molar-refractivity contribution is 0.169. The van der Waals surface area contributed by atoms with Crippen molar-refractivity contribution >= 4 is 25.0 Å². The highest BCUT2D eigenvalue weighted by molar-refractivity contribution is 9.10. The SMILES string of the molecule is C[Si](C)OC(CCC(C)(C)C)c1ccc(Br)cn1. The van der Waals surface area contributed by atoms with Crippen molar-refractivity contribution in [3.63, 3.8) is 0 Å². The van der Waals surface area contributed by atoms with Crippen LogP contribution in [0.5, 0.6) is 0 Å². The van der Waals surface area contributed by atoms with E-state index in [4.69, 9.17) is 4.43 Å². The van der Waals surface area contributed by atoms with E-state index >= 15 is 0 Å². The summed E-state index contributed by atoms with van der Waals surface area (Å²) in [6, 6.07) is 4.09. The van der Waals surface area contributed by atoms with Crippen LogP contribution in [0, 0.1) is 5.41 Å². The predicted octanol–water partition coefficient (Wildman–Crippen LogP) is 4.98. The number of hydrogen-bond donors (Lipinski definition) is 0. The van der Waals surface area contributed by atoms with Gasteiger partial charge in [0.05, 0.1) is 11.8 Å². The average Bonchev–Trinajstić information content (AvgIpc) is 2.24. The summed E-state index contributed by atoms with van der Waals surface area (Å²) in [6.07, 6.45) is 4.17. The van der Waals surface area contributed by atoms with Gasteiger partial charge in [-0.1, -0.05) is 20.8 Å². The standard InChI is InChI=1S/C14H23BrNOSi/c1-14(2,3)9-8-13(17-18(4)5)12-7-6-11(15)10-16-12/h6-7,10,13H,8-9H2,1-5H3. The van der Waals surface area contributed by atoms with Crippen molar-refractivity contribution in [3.05, 3.63) is 28.5 Å². The van der Waals surface area contributed by atoms with E-state index in [1.807, 2.05) is 12.3 Å². The summed E-state index contributed by atoms with van der Waals surface area (Å²) >= 11 is 3.42. The predicted molar refractivity (Wildman–Crippen MR) is 81.9 cm³/mol. The van der Waals surface area contributed by atoms with Crippen molar-refractivity contribution in [1.29, 1.82) is 0 Å². The molecule has 2 nitrogen and oxygen atoms in total. The Morgan fingerprint density at radius 1 is 1.33 bits per heavy atom. The fourth-order valence-electron chi connectivity index (χ4n) is 1.69. The third kappa shape index (κ3) is 6.11. The Hall–Kier alpha value is -0.193. The first-order valence-corrected chi connectivity index (χ1v) is 9.56. The molecule has 0 bridgehead atoms. The molecule has 0 aliphatic rings. The summed E-state index contributed by atoms with van der Waals surface area (Å²) in [5.41, 5.74) is 1.39. The zero-order valence-corrected chi connectivity index (χ0v) is 14.5. The van der Waals surface area contributed by atoms with Crippen molar-refractivity contribution in [2.45, 2.75) is 52.8 Å². The van der Waals surface area contributed by atoms with E-state index in [0.717, 1.165) is 23.0 Å². The van der Waals surface area contributed by atoms with E-state index in [2.05, 4.69) is 60.8 Å².